The lowest BCUT2D eigenvalue weighted by molar-refractivity contribution is -0.385. The summed E-state index contributed by atoms with van der Waals surface area (Å²) in [5, 5.41) is 11.1. The summed E-state index contributed by atoms with van der Waals surface area (Å²) in [5.41, 5.74) is 5.24. The number of nitrogen functional groups attached to an aromatic ring is 1. The van der Waals surface area contributed by atoms with Gasteiger partial charge >= 0.3 is 11.7 Å². The lowest BCUT2D eigenvalue weighted by Gasteiger charge is -2.05. The highest BCUT2D eigenvalue weighted by Gasteiger charge is 2.17. The van der Waals surface area contributed by atoms with Crippen molar-refractivity contribution in [1.29, 1.82) is 0 Å². The predicted octanol–water partition coefficient (Wildman–Crippen LogP) is 3.18. The highest BCUT2D eigenvalue weighted by atomic mass is 79.9. The number of aromatic nitrogens is 2. The van der Waals surface area contributed by atoms with Crippen molar-refractivity contribution in [2.24, 2.45) is 0 Å². The maximum absolute atomic E-state index is 10.9. The summed E-state index contributed by atoms with van der Waals surface area (Å²) < 4.78 is 5.66. The standard InChI is InChI=1S/C10H6BrClN4O3/c11-8-4-9(13)15-10(14-8)19-7-2-1-5(12)3-6(7)16(17)18/h1-4H,(H2,13,14,15). The zero-order chi connectivity index (χ0) is 14.0. The normalized spacial score (nSPS) is 10.2. The minimum absolute atomic E-state index is 0.0214. The molecule has 2 rings (SSSR count). The first kappa shape index (κ1) is 13.5. The van der Waals surface area contributed by atoms with Crippen LogP contribution in [-0.2, 0) is 0 Å². The number of ether oxygens (including phenoxy) is 1. The molecule has 0 saturated carbocycles. The van der Waals surface area contributed by atoms with E-state index in [1.165, 1.54) is 24.3 Å². The second-order valence-electron chi connectivity index (χ2n) is 3.37. The van der Waals surface area contributed by atoms with Gasteiger partial charge in [0.1, 0.15) is 10.4 Å². The van der Waals surface area contributed by atoms with E-state index in [9.17, 15) is 10.1 Å². The maximum Gasteiger partial charge on any atom is 0.325 e. The summed E-state index contributed by atoms with van der Waals surface area (Å²) in [4.78, 5) is 18.0. The predicted molar refractivity (Wildman–Crippen MR) is 72.3 cm³/mol. The van der Waals surface area contributed by atoms with Gasteiger partial charge in [-0.1, -0.05) is 11.6 Å². The van der Waals surface area contributed by atoms with E-state index in [0.717, 1.165) is 0 Å². The smallest absolute Gasteiger partial charge is 0.325 e. The second-order valence-corrected chi connectivity index (χ2v) is 4.62. The summed E-state index contributed by atoms with van der Waals surface area (Å²) in [7, 11) is 0. The van der Waals surface area contributed by atoms with Crippen LogP contribution < -0.4 is 10.5 Å². The quantitative estimate of drug-likeness (QED) is 0.520. The van der Waals surface area contributed by atoms with E-state index in [2.05, 4.69) is 25.9 Å². The fourth-order valence-corrected chi connectivity index (χ4v) is 1.83. The molecule has 0 fully saturated rings. The molecule has 1 aromatic heterocycles. The molecule has 0 saturated heterocycles. The Hall–Kier alpha value is -1.93. The van der Waals surface area contributed by atoms with E-state index in [-0.39, 0.29) is 28.3 Å². The van der Waals surface area contributed by atoms with Gasteiger partial charge in [0.2, 0.25) is 5.75 Å². The molecule has 0 bridgehead atoms. The number of anilines is 1. The largest absolute Gasteiger partial charge is 0.417 e. The topological polar surface area (TPSA) is 104 Å². The van der Waals surface area contributed by atoms with Crippen molar-refractivity contribution < 1.29 is 9.66 Å². The molecule has 1 heterocycles. The van der Waals surface area contributed by atoms with Crippen LogP contribution in [0.1, 0.15) is 0 Å². The Morgan fingerprint density at radius 2 is 2.11 bits per heavy atom. The highest BCUT2D eigenvalue weighted by Crippen LogP contribution is 2.32. The van der Waals surface area contributed by atoms with Gasteiger partial charge in [0, 0.05) is 17.2 Å². The molecule has 0 aliphatic heterocycles. The SMILES string of the molecule is Nc1cc(Br)nc(Oc2ccc(Cl)cc2[N+](=O)[O-])n1. The molecule has 1 aromatic carbocycles. The average Bonchev–Trinajstić information content (AvgIpc) is 2.30. The van der Waals surface area contributed by atoms with Crippen molar-refractivity contribution in [3.05, 3.63) is 44.0 Å². The van der Waals surface area contributed by atoms with Gasteiger partial charge in [-0.25, -0.2) is 0 Å². The van der Waals surface area contributed by atoms with Gasteiger partial charge in [0.15, 0.2) is 0 Å². The summed E-state index contributed by atoms with van der Waals surface area (Å²) in [5.74, 6) is 0.153. The van der Waals surface area contributed by atoms with Gasteiger partial charge in [0.05, 0.1) is 4.92 Å². The van der Waals surface area contributed by atoms with Crippen molar-refractivity contribution in [3.63, 3.8) is 0 Å². The lowest BCUT2D eigenvalue weighted by atomic mass is 10.3. The Balaban J connectivity index is 2.40. The number of hydrogen-bond acceptors (Lipinski definition) is 6. The third kappa shape index (κ3) is 3.30. The van der Waals surface area contributed by atoms with Crippen LogP contribution >= 0.6 is 27.5 Å². The number of nitro groups is 1. The van der Waals surface area contributed by atoms with E-state index in [4.69, 9.17) is 22.1 Å². The number of nitrogens with zero attached hydrogens (tertiary/aromatic N) is 3. The van der Waals surface area contributed by atoms with Crippen molar-refractivity contribution >= 4 is 39.0 Å². The molecule has 2 N–H and O–H groups in total. The molecule has 0 amide bonds. The minimum Gasteiger partial charge on any atom is -0.417 e. The molecule has 98 valence electrons. The first-order chi connectivity index (χ1) is 8.95. The summed E-state index contributed by atoms with van der Waals surface area (Å²) in [6.45, 7) is 0. The number of nitrogens with two attached hydrogens (primary N) is 1. The highest BCUT2D eigenvalue weighted by molar-refractivity contribution is 9.10. The van der Waals surface area contributed by atoms with E-state index in [1.807, 2.05) is 0 Å². The first-order valence-electron chi connectivity index (χ1n) is 4.87. The summed E-state index contributed by atoms with van der Waals surface area (Å²) >= 11 is 8.81. The molecule has 0 aliphatic carbocycles. The van der Waals surface area contributed by atoms with E-state index >= 15 is 0 Å². The Labute approximate surface area is 120 Å². The van der Waals surface area contributed by atoms with Crippen LogP contribution in [0.3, 0.4) is 0 Å². The van der Waals surface area contributed by atoms with Crippen LogP contribution in [0.15, 0.2) is 28.9 Å². The molecule has 19 heavy (non-hydrogen) atoms. The van der Waals surface area contributed by atoms with Crippen LogP contribution in [0.25, 0.3) is 0 Å². The van der Waals surface area contributed by atoms with Gasteiger partial charge in [-0.05, 0) is 28.1 Å². The molecule has 7 nitrogen and oxygen atoms in total. The van der Waals surface area contributed by atoms with E-state index in [1.54, 1.807) is 0 Å². The van der Waals surface area contributed by atoms with Crippen molar-refractivity contribution in [3.8, 4) is 11.8 Å². The third-order valence-electron chi connectivity index (χ3n) is 2.01. The molecular weight excluding hydrogens is 339 g/mol. The Kier molecular flexibility index (Phi) is 3.82. The molecule has 0 aliphatic rings. The number of benzene rings is 1. The maximum atomic E-state index is 10.9. The third-order valence-corrected chi connectivity index (χ3v) is 2.65. The monoisotopic (exact) mass is 344 g/mol. The Morgan fingerprint density at radius 1 is 1.37 bits per heavy atom. The molecule has 9 heteroatoms. The second kappa shape index (κ2) is 5.37. The van der Waals surface area contributed by atoms with E-state index < -0.39 is 4.92 Å². The van der Waals surface area contributed by atoms with Gasteiger partial charge in [-0.15, -0.1) is 0 Å². The van der Waals surface area contributed by atoms with E-state index in [0.29, 0.717) is 4.60 Å². The van der Waals surface area contributed by atoms with Crippen LogP contribution in [0, 0.1) is 10.1 Å². The fraction of sp³-hybridized carbons (Fsp3) is 0. The van der Waals surface area contributed by atoms with Gasteiger partial charge in [-0.2, -0.15) is 9.97 Å². The summed E-state index contributed by atoms with van der Waals surface area (Å²) in [6.07, 6.45) is 0. The van der Waals surface area contributed by atoms with Crippen LogP contribution in [-0.4, -0.2) is 14.9 Å². The first-order valence-corrected chi connectivity index (χ1v) is 6.04. The number of hydrogen-bond donors (Lipinski definition) is 1. The summed E-state index contributed by atoms with van der Waals surface area (Å²) in [6, 6.07) is 5.38. The number of rotatable bonds is 3. The van der Waals surface area contributed by atoms with Crippen LogP contribution in [0.4, 0.5) is 11.5 Å². The average molecular weight is 346 g/mol. The zero-order valence-corrected chi connectivity index (χ0v) is 11.6. The van der Waals surface area contributed by atoms with Crippen molar-refractivity contribution in [2.45, 2.75) is 0 Å². The van der Waals surface area contributed by atoms with Gasteiger partial charge in [-0.3, -0.25) is 10.1 Å². The molecule has 0 radical (unpaired) electrons. The number of nitro benzene ring substituents is 1. The van der Waals surface area contributed by atoms with Crippen molar-refractivity contribution in [2.75, 3.05) is 5.73 Å². The number of halogens is 2. The molecular formula is C10H6BrClN4O3. The fourth-order valence-electron chi connectivity index (χ4n) is 1.28. The lowest BCUT2D eigenvalue weighted by Crippen LogP contribution is -1.99. The minimum atomic E-state index is -0.609. The van der Waals surface area contributed by atoms with Gasteiger partial charge < -0.3 is 10.5 Å². The van der Waals surface area contributed by atoms with Crippen LogP contribution in [0.2, 0.25) is 5.02 Å². The molecule has 0 atom stereocenters. The molecule has 0 spiro atoms. The Morgan fingerprint density at radius 3 is 2.74 bits per heavy atom. The molecule has 0 unspecified atom stereocenters. The zero-order valence-electron chi connectivity index (χ0n) is 9.21. The van der Waals surface area contributed by atoms with Gasteiger partial charge in [0.25, 0.3) is 0 Å². The van der Waals surface area contributed by atoms with Crippen LogP contribution in [0.5, 0.6) is 11.8 Å². The molecule has 2 aromatic rings. The Bertz CT molecular complexity index is 632. The van der Waals surface area contributed by atoms with Crippen molar-refractivity contribution in [1.82, 2.24) is 9.97 Å².